The van der Waals surface area contributed by atoms with Gasteiger partial charge in [0.15, 0.2) is 0 Å². The predicted octanol–water partition coefficient (Wildman–Crippen LogP) is 3.00. The number of nitrogens with one attached hydrogen (secondary N) is 2. The first-order valence-corrected chi connectivity index (χ1v) is 11.2. The Morgan fingerprint density at radius 2 is 1.85 bits per heavy atom. The fraction of sp³-hybridized carbons (Fsp3) is 0.375. The van der Waals surface area contributed by atoms with Crippen LogP contribution >= 0.6 is 0 Å². The van der Waals surface area contributed by atoms with Crippen molar-refractivity contribution in [3.63, 3.8) is 0 Å². The zero-order valence-electron chi connectivity index (χ0n) is 18.6. The van der Waals surface area contributed by atoms with E-state index in [9.17, 15) is 14.4 Å². The summed E-state index contributed by atoms with van der Waals surface area (Å²) in [6.07, 6.45) is 1.94. The van der Waals surface area contributed by atoms with Gasteiger partial charge in [0.1, 0.15) is 11.1 Å². The van der Waals surface area contributed by atoms with E-state index in [0.29, 0.717) is 42.2 Å². The first-order chi connectivity index (χ1) is 15.9. The standard InChI is InChI=1S/C24H25N5O4/c1-3-24(22(31)27-23(32)28-24)17-7-5-16(6-8-17)21(30)29-12-10-15(11-13-29)19-26-18-9-4-14(2)25-20(18)33-19/h4-9,15H,3,10-13H2,1-2H3,(H2,27,28,31,32)/t24-/m1/s1. The molecule has 0 spiro atoms. The molecular formula is C24H25N5O4. The summed E-state index contributed by atoms with van der Waals surface area (Å²) in [6, 6.07) is 10.2. The normalized spacial score (nSPS) is 21.3. The minimum Gasteiger partial charge on any atom is -0.422 e. The number of aryl methyl sites for hydroxylation is 1. The fourth-order valence-corrected chi connectivity index (χ4v) is 4.66. The molecule has 33 heavy (non-hydrogen) atoms. The maximum Gasteiger partial charge on any atom is 0.322 e. The maximum atomic E-state index is 13.0. The topological polar surface area (TPSA) is 117 Å². The summed E-state index contributed by atoms with van der Waals surface area (Å²) in [5, 5.41) is 5.01. The molecule has 170 valence electrons. The van der Waals surface area contributed by atoms with Gasteiger partial charge >= 0.3 is 6.03 Å². The van der Waals surface area contributed by atoms with E-state index < -0.39 is 11.6 Å². The van der Waals surface area contributed by atoms with E-state index >= 15 is 0 Å². The number of nitrogens with zero attached hydrogens (tertiary/aromatic N) is 3. The Bertz CT molecular complexity index is 1240. The number of pyridine rings is 1. The van der Waals surface area contributed by atoms with Crippen LogP contribution in [0.1, 0.15) is 59.6 Å². The SMILES string of the molecule is CC[C@]1(c2ccc(C(=O)N3CCC(c4nc5ccc(C)nc5o4)CC3)cc2)NC(=O)NC1=O. The predicted molar refractivity (Wildman–Crippen MR) is 120 cm³/mol. The molecule has 0 radical (unpaired) electrons. The van der Waals surface area contributed by atoms with Crippen molar-refractivity contribution in [1.29, 1.82) is 0 Å². The van der Waals surface area contributed by atoms with Crippen LogP contribution in [0.5, 0.6) is 0 Å². The van der Waals surface area contributed by atoms with Crippen LogP contribution < -0.4 is 10.6 Å². The molecule has 2 aromatic heterocycles. The fourth-order valence-electron chi connectivity index (χ4n) is 4.66. The molecule has 0 aliphatic carbocycles. The second-order valence-electron chi connectivity index (χ2n) is 8.64. The van der Waals surface area contributed by atoms with Crippen LogP contribution in [0.4, 0.5) is 4.79 Å². The van der Waals surface area contributed by atoms with Gasteiger partial charge in [-0.25, -0.2) is 14.8 Å². The number of urea groups is 1. The summed E-state index contributed by atoms with van der Waals surface area (Å²) in [4.78, 5) is 47.8. The van der Waals surface area contributed by atoms with Gasteiger partial charge in [-0.05, 0) is 56.0 Å². The molecule has 2 aliphatic heterocycles. The third kappa shape index (κ3) is 3.63. The van der Waals surface area contributed by atoms with Crippen LogP contribution in [0.25, 0.3) is 11.2 Å². The smallest absolute Gasteiger partial charge is 0.322 e. The van der Waals surface area contributed by atoms with Crippen molar-refractivity contribution < 1.29 is 18.8 Å². The molecule has 2 aliphatic rings. The summed E-state index contributed by atoms with van der Waals surface area (Å²) in [7, 11) is 0. The van der Waals surface area contributed by atoms with Crippen LogP contribution in [0, 0.1) is 6.92 Å². The Morgan fingerprint density at radius 3 is 2.48 bits per heavy atom. The number of imide groups is 1. The van der Waals surface area contributed by atoms with E-state index in [1.54, 1.807) is 24.3 Å². The zero-order chi connectivity index (χ0) is 23.2. The molecular weight excluding hydrogens is 422 g/mol. The number of carbonyl (C=O) groups excluding carboxylic acids is 3. The molecule has 0 bridgehead atoms. The summed E-state index contributed by atoms with van der Waals surface area (Å²) in [5.41, 5.74) is 2.31. The van der Waals surface area contributed by atoms with Crippen LogP contribution in [0.15, 0.2) is 40.8 Å². The lowest BCUT2D eigenvalue weighted by Crippen LogP contribution is -2.43. The molecule has 2 saturated heterocycles. The van der Waals surface area contributed by atoms with E-state index in [-0.39, 0.29) is 17.7 Å². The molecule has 9 heteroatoms. The number of likely N-dealkylation sites (tertiary alicyclic amines) is 1. The molecule has 4 amide bonds. The molecule has 0 unspecified atom stereocenters. The lowest BCUT2D eigenvalue weighted by Gasteiger charge is -2.31. The minimum atomic E-state index is -1.09. The van der Waals surface area contributed by atoms with Crippen molar-refractivity contribution in [2.24, 2.45) is 0 Å². The van der Waals surface area contributed by atoms with Crippen molar-refractivity contribution >= 4 is 29.1 Å². The number of benzene rings is 1. The van der Waals surface area contributed by atoms with Crippen molar-refractivity contribution in [2.75, 3.05) is 13.1 Å². The van der Waals surface area contributed by atoms with Gasteiger partial charge in [0, 0.05) is 30.3 Å². The average molecular weight is 447 g/mol. The second kappa shape index (κ2) is 7.99. The minimum absolute atomic E-state index is 0.0553. The lowest BCUT2D eigenvalue weighted by atomic mass is 9.87. The Morgan fingerprint density at radius 1 is 1.12 bits per heavy atom. The van der Waals surface area contributed by atoms with Gasteiger partial charge < -0.3 is 14.6 Å². The molecule has 4 heterocycles. The lowest BCUT2D eigenvalue weighted by molar-refractivity contribution is -0.124. The molecule has 2 fully saturated rings. The molecule has 1 atom stereocenters. The van der Waals surface area contributed by atoms with Crippen molar-refractivity contribution in [1.82, 2.24) is 25.5 Å². The highest BCUT2D eigenvalue weighted by Crippen LogP contribution is 2.31. The molecule has 2 N–H and O–H groups in total. The number of rotatable bonds is 4. The van der Waals surface area contributed by atoms with Crippen LogP contribution in [0.3, 0.4) is 0 Å². The van der Waals surface area contributed by atoms with Gasteiger partial charge in [-0.15, -0.1) is 0 Å². The number of amides is 4. The van der Waals surface area contributed by atoms with Crippen LogP contribution in [-0.4, -0.2) is 45.8 Å². The van der Waals surface area contributed by atoms with Crippen LogP contribution in [0.2, 0.25) is 0 Å². The van der Waals surface area contributed by atoms with Crippen molar-refractivity contribution in [3.05, 3.63) is 59.1 Å². The van der Waals surface area contributed by atoms with Gasteiger partial charge in [-0.3, -0.25) is 14.9 Å². The molecule has 0 saturated carbocycles. The van der Waals surface area contributed by atoms with Crippen molar-refractivity contribution in [3.8, 4) is 0 Å². The number of hydrogen-bond acceptors (Lipinski definition) is 6. The Labute approximate surface area is 190 Å². The molecule has 9 nitrogen and oxygen atoms in total. The van der Waals surface area contributed by atoms with E-state index in [1.807, 2.05) is 30.9 Å². The largest absolute Gasteiger partial charge is 0.422 e. The second-order valence-corrected chi connectivity index (χ2v) is 8.64. The molecule has 1 aromatic carbocycles. The number of piperidine rings is 1. The highest BCUT2D eigenvalue weighted by Gasteiger charge is 2.46. The van der Waals surface area contributed by atoms with E-state index in [0.717, 1.165) is 24.1 Å². The number of hydrogen-bond donors (Lipinski definition) is 2. The third-order valence-electron chi connectivity index (χ3n) is 6.64. The highest BCUT2D eigenvalue weighted by molar-refractivity contribution is 6.07. The average Bonchev–Trinajstić information content (AvgIpc) is 3.38. The van der Waals surface area contributed by atoms with Crippen LogP contribution in [-0.2, 0) is 10.3 Å². The number of carbonyl (C=O) groups is 3. The van der Waals surface area contributed by atoms with Gasteiger partial charge in [0.2, 0.25) is 11.6 Å². The van der Waals surface area contributed by atoms with E-state index in [4.69, 9.17) is 4.42 Å². The highest BCUT2D eigenvalue weighted by atomic mass is 16.4. The first-order valence-electron chi connectivity index (χ1n) is 11.2. The maximum absolute atomic E-state index is 13.0. The summed E-state index contributed by atoms with van der Waals surface area (Å²) < 4.78 is 5.88. The Kier molecular flexibility index (Phi) is 5.11. The molecule has 3 aromatic rings. The summed E-state index contributed by atoms with van der Waals surface area (Å²) in [6.45, 7) is 4.96. The van der Waals surface area contributed by atoms with Crippen molar-refractivity contribution in [2.45, 2.75) is 44.6 Å². The summed E-state index contributed by atoms with van der Waals surface area (Å²) >= 11 is 0. The summed E-state index contributed by atoms with van der Waals surface area (Å²) in [5.74, 6) is 0.405. The Balaban J connectivity index is 1.26. The zero-order valence-corrected chi connectivity index (χ0v) is 18.6. The number of fused-ring (bicyclic) bond motifs is 1. The quantitative estimate of drug-likeness (QED) is 0.594. The van der Waals surface area contributed by atoms with E-state index in [2.05, 4.69) is 20.6 Å². The number of oxazole rings is 1. The number of aromatic nitrogens is 2. The van der Waals surface area contributed by atoms with Gasteiger partial charge in [0.25, 0.3) is 11.8 Å². The van der Waals surface area contributed by atoms with Gasteiger partial charge in [0.05, 0.1) is 0 Å². The monoisotopic (exact) mass is 447 g/mol. The molecule has 5 rings (SSSR count). The first kappa shape index (κ1) is 21.1. The van der Waals surface area contributed by atoms with Gasteiger partial charge in [-0.1, -0.05) is 19.1 Å². The third-order valence-corrected chi connectivity index (χ3v) is 6.64. The van der Waals surface area contributed by atoms with Gasteiger partial charge in [-0.2, -0.15) is 0 Å². The Hall–Kier alpha value is -3.75. The van der Waals surface area contributed by atoms with E-state index in [1.165, 1.54) is 0 Å².